The fourth-order valence-electron chi connectivity index (χ4n) is 2.58. The van der Waals surface area contributed by atoms with E-state index >= 15 is 0 Å². The number of methoxy groups -OCH3 is 1. The van der Waals surface area contributed by atoms with Crippen LogP contribution in [0.5, 0.6) is 5.75 Å². The van der Waals surface area contributed by atoms with Crippen molar-refractivity contribution in [1.82, 2.24) is 5.32 Å². The predicted octanol–water partition coefficient (Wildman–Crippen LogP) is 2.24. The van der Waals surface area contributed by atoms with Crippen molar-refractivity contribution < 1.29 is 9.94 Å². The van der Waals surface area contributed by atoms with Crippen LogP contribution in [0.2, 0.25) is 0 Å². The smallest absolute Gasteiger partial charge is 0.173 e. The SMILES string of the molecule is COc1ccc(CNCC2CC=CCC2)cc1C(N)=NO. The second-order valence-electron chi connectivity index (χ2n) is 5.30. The Bertz CT molecular complexity index is 526. The summed E-state index contributed by atoms with van der Waals surface area (Å²) in [5, 5.41) is 15.4. The molecule has 1 aromatic rings. The Balaban J connectivity index is 1.95. The second-order valence-corrected chi connectivity index (χ2v) is 5.30. The molecular formula is C16H23N3O2. The molecule has 0 amide bonds. The molecule has 0 spiro atoms. The van der Waals surface area contributed by atoms with E-state index in [1.165, 1.54) is 12.8 Å². The van der Waals surface area contributed by atoms with E-state index in [1.54, 1.807) is 7.11 Å². The molecule has 0 heterocycles. The van der Waals surface area contributed by atoms with Gasteiger partial charge in [-0.25, -0.2) is 0 Å². The molecule has 0 bridgehead atoms. The summed E-state index contributed by atoms with van der Waals surface area (Å²) in [7, 11) is 1.57. The summed E-state index contributed by atoms with van der Waals surface area (Å²) in [5.41, 5.74) is 7.37. The lowest BCUT2D eigenvalue weighted by molar-refractivity contribution is 0.318. The quantitative estimate of drug-likeness (QED) is 0.247. The Morgan fingerprint density at radius 1 is 1.48 bits per heavy atom. The topological polar surface area (TPSA) is 79.9 Å². The van der Waals surface area contributed by atoms with Crippen LogP contribution < -0.4 is 15.8 Å². The van der Waals surface area contributed by atoms with Gasteiger partial charge in [0.15, 0.2) is 5.84 Å². The van der Waals surface area contributed by atoms with Gasteiger partial charge in [0.25, 0.3) is 0 Å². The molecule has 0 saturated heterocycles. The molecule has 0 aliphatic heterocycles. The van der Waals surface area contributed by atoms with Crippen LogP contribution in [-0.2, 0) is 6.54 Å². The molecule has 21 heavy (non-hydrogen) atoms. The average Bonchev–Trinajstić information content (AvgIpc) is 2.55. The zero-order chi connectivity index (χ0) is 15.1. The molecule has 2 rings (SSSR count). The molecular weight excluding hydrogens is 266 g/mol. The molecule has 4 N–H and O–H groups in total. The van der Waals surface area contributed by atoms with Gasteiger partial charge in [-0.2, -0.15) is 0 Å². The highest BCUT2D eigenvalue weighted by molar-refractivity contribution is 5.99. The number of hydrogen-bond acceptors (Lipinski definition) is 4. The first-order valence-electron chi connectivity index (χ1n) is 7.25. The van der Waals surface area contributed by atoms with E-state index in [0.717, 1.165) is 31.0 Å². The van der Waals surface area contributed by atoms with Crippen LogP contribution in [0, 0.1) is 5.92 Å². The first kappa shape index (κ1) is 15.4. The first-order valence-corrected chi connectivity index (χ1v) is 7.25. The van der Waals surface area contributed by atoms with Crippen molar-refractivity contribution in [2.45, 2.75) is 25.8 Å². The molecule has 5 nitrogen and oxygen atoms in total. The van der Waals surface area contributed by atoms with Gasteiger partial charge >= 0.3 is 0 Å². The summed E-state index contributed by atoms with van der Waals surface area (Å²) >= 11 is 0. The van der Waals surface area contributed by atoms with Crippen molar-refractivity contribution in [3.8, 4) is 5.75 Å². The van der Waals surface area contributed by atoms with Crippen LogP contribution >= 0.6 is 0 Å². The number of amidine groups is 1. The third kappa shape index (κ3) is 4.23. The number of rotatable bonds is 6. The Morgan fingerprint density at radius 3 is 3.00 bits per heavy atom. The predicted molar refractivity (Wildman–Crippen MR) is 83.7 cm³/mol. The summed E-state index contributed by atoms with van der Waals surface area (Å²) in [4.78, 5) is 0. The van der Waals surface area contributed by atoms with E-state index in [1.807, 2.05) is 18.2 Å². The lowest BCUT2D eigenvalue weighted by Crippen LogP contribution is -2.23. The fourth-order valence-corrected chi connectivity index (χ4v) is 2.58. The second kappa shape index (κ2) is 7.69. The van der Waals surface area contributed by atoms with Gasteiger partial charge in [-0.15, -0.1) is 0 Å². The third-order valence-corrected chi connectivity index (χ3v) is 3.79. The number of ether oxygens (including phenoxy) is 1. The fraction of sp³-hybridized carbons (Fsp3) is 0.438. The number of benzene rings is 1. The van der Waals surface area contributed by atoms with Crippen molar-refractivity contribution in [3.05, 3.63) is 41.5 Å². The van der Waals surface area contributed by atoms with Crippen LogP contribution in [0.1, 0.15) is 30.4 Å². The van der Waals surface area contributed by atoms with Crippen LogP contribution in [-0.4, -0.2) is 24.7 Å². The monoisotopic (exact) mass is 289 g/mol. The normalized spacial score (nSPS) is 18.7. The van der Waals surface area contributed by atoms with Crippen molar-refractivity contribution in [1.29, 1.82) is 0 Å². The molecule has 0 fully saturated rings. The summed E-state index contributed by atoms with van der Waals surface area (Å²) in [6.07, 6.45) is 8.11. The lowest BCUT2D eigenvalue weighted by atomic mass is 9.94. The molecule has 0 radical (unpaired) electrons. The summed E-state index contributed by atoms with van der Waals surface area (Å²) in [6, 6.07) is 5.72. The van der Waals surface area contributed by atoms with Crippen molar-refractivity contribution in [3.63, 3.8) is 0 Å². The zero-order valence-corrected chi connectivity index (χ0v) is 12.4. The van der Waals surface area contributed by atoms with Crippen LogP contribution in [0.3, 0.4) is 0 Å². The minimum Gasteiger partial charge on any atom is -0.496 e. The zero-order valence-electron chi connectivity index (χ0n) is 12.4. The maximum Gasteiger partial charge on any atom is 0.173 e. The number of nitrogens with zero attached hydrogens (tertiary/aromatic N) is 1. The van der Waals surface area contributed by atoms with Crippen LogP contribution in [0.15, 0.2) is 35.5 Å². The number of nitrogens with one attached hydrogen (secondary N) is 1. The highest BCUT2D eigenvalue weighted by Crippen LogP contribution is 2.20. The summed E-state index contributed by atoms with van der Waals surface area (Å²) in [5.74, 6) is 1.38. The van der Waals surface area contributed by atoms with Crippen molar-refractivity contribution in [2.75, 3.05) is 13.7 Å². The highest BCUT2D eigenvalue weighted by atomic mass is 16.5. The summed E-state index contributed by atoms with van der Waals surface area (Å²) < 4.78 is 5.22. The van der Waals surface area contributed by atoms with Gasteiger partial charge in [0.05, 0.1) is 12.7 Å². The van der Waals surface area contributed by atoms with Crippen molar-refractivity contribution >= 4 is 5.84 Å². The van der Waals surface area contributed by atoms with Gasteiger partial charge < -0.3 is 21.0 Å². The van der Waals surface area contributed by atoms with E-state index in [2.05, 4.69) is 22.6 Å². The molecule has 1 unspecified atom stereocenters. The van der Waals surface area contributed by atoms with Gasteiger partial charge in [-0.05, 0) is 49.4 Å². The molecule has 0 aromatic heterocycles. The Kier molecular flexibility index (Phi) is 5.63. The standard InChI is InChI=1S/C16H23N3O2/c1-21-15-8-7-13(9-14(15)16(17)19-20)11-18-10-12-5-3-2-4-6-12/h2-3,7-9,12,18,20H,4-6,10-11H2,1H3,(H2,17,19). The lowest BCUT2D eigenvalue weighted by Gasteiger charge is -2.18. The Morgan fingerprint density at radius 2 is 2.33 bits per heavy atom. The van der Waals surface area contributed by atoms with E-state index in [-0.39, 0.29) is 5.84 Å². The molecule has 114 valence electrons. The summed E-state index contributed by atoms with van der Waals surface area (Å²) in [6.45, 7) is 1.77. The van der Waals surface area contributed by atoms with E-state index in [9.17, 15) is 0 Å². The Hall–Kier alpha value is -2.01. The van der Waals surface area contributed by atoms with Crippen molar-refractivity contribution in [2.24, 2.45) is 16.8 Å². The number of nitrogens with two attached hydrogens (primary N) is 1. The first-order chi connectivity index (χ1) is 10.2. The van der Waals surface area contributed by atoms with Gasteiger partial charge in [0, 0.05) is 6.54 Å². The van der Waals surface area contributed by atoms with E-state index in [0.29, 0.717) is 11.3 Å². The molecule has 1 aromatic carbocycles. The van der Waals surface area contributed by atoms with E-state index < -0.39 is 0 Å². The van der Waals surface area contributed by atoms with Gasteiger partial charge in [0.2, 0.25) is 0 Å². The van der Waals surface area contributed by atoms with Gasteiger partial charge in [-0.1, -0.05) is 23.4 Å². The maximum absolute atomic E-state index is 8.83. The van der Waals surface area contributed by atoms with E-state index in [4.69, 9.17) is 15.7 Å². The van der Waals surface area contributed by atoms with Gasteiger partial charge in [-0.3, -0.25) is 0 Å². The maximum atomic E-state index is 8.83. The minimum atomic E-state index is 0.0612. The number of hydrogen-bond donors (Lipinski definition) is 3. The minimum absolute atomic E-state index is 0.0612. The molecule has 0 saturated carbocycles. The molecule has 1 aliphatic carbocycles. The van der Waals surface area contributed by atoms with Crippen LogP contribution in [0.25, 0.3) is 0 Å². The third-order valence-electron chi connectivity index (χ3n) is 3.79. The average molecular weight is 289 g/mol. The number of allylic oxidation sites excluding steroid dienone is 2. The van der Waals surface area contributed by atoms with Gasteiger partial charge in [0.1, 0.15) is 5.75 Å². The number of oxime groups is 1. The molecule has 1 atom stereocenters. The largest absolute Gasteiger partial charge is 0.496 e. The van der Waals surface area contributed by atoms with Crippen LogP contribution in [0.4, 0.5) is 0 Å². The Labute approximate surface area is 125 Å². The highest BCUT2D eigenvalue weighted by Gasteiger charge is 2.11. The molecule has 1 aliphatic rings. The molecule has 5 heteroatoms.